The van der Waals surface area contributed by atoms with Gasteiger partial charge in [0.1, 0.15) is 9.96 Å². The molecule has 1 aliphatic rings. The Morgan fingerprint density at radius 1 is 1.20 bits per heavy atom. The van der Waals surface area contributed by atoms with Crippen molar-refractivity contribution in [2.24, 2.45) is 5.92 Å². The van der Waals surface area contributed by atoms with Crippen molar-refractivity contribution in [2.75, 3.05) is 25.1 Å². The van der Waals surface area contributed by atoms with Gasteiger partial charge in [-0.1, -0.05) is 23.5 Å². The van der Waals surface area contributed by atoms with E-state index in [2.05, 4.69) is 4.98 Å². The van der Waals surface area contributed by atoms with E-state index in [0.29, 0.717) is 41.8 Å². The lowest BCUT2D eigenvalue weighted by atomic mass is 9.96. The SMILES string of the molecule is COc1ccc2nc(N(Cc3cccnc3)C(=O)C3CCN(S(=O)(=O)c4cccs4)CC3)sc2c1. The summed E-state index contributed by atoms with van der Waals surface area (Å²) in [5.74, 6) is 0.396. The molecule has 35 heavy (non-hydrogen) atoms. The Bertz CT molecular complexity index is 1410. The number of rotatable bonds is 7. The van der Waals surface area contributed by atoms with Gasteiger partial charge < -0.3 is 4.74 Å². The van der Waals surface area contributed by atoms with E-state index < -0.39 is 10.0 Å². The number of hydrogen-bond acceptors (Lipinski definition) is 8. The molecule has 0 atom stereocenters. The van der Waals surface area contributed by atoms with Gasteiger partial charge in [-0.25, -0.2) is 13.4 Å². The van der Waals surface area contributed by atoms with E-state index in [0.717, 1.165) is 21.5 Å². The fraction of sp³-hybridized carbons (Fsp3) is 0.292. The minimum atomic E-state index is -3.52. The summed E-state index contributed by atoms with van der Waals surface area (Å²) < 4.78 is 33.9. The normalized spacial score (nSPS) is 15.3. The van der Waals surface area contributed by atoms with Crippen molar-refractivity contribution >= 4 is 54.0 Å². The number of sulfonamides is 1. The summed E-state index contributed by atoms with van der Waals surface area (Å²) in [7, 11) is -1.90. The summed E-state index contributed by atoms with van der Waals surface area (Å²) >= 11 is 2.65. The molecule has 182 valence electrons. The first-order valence-corrected chi connectivity index (χ1v) is 14.3. The molecular formula is C24H24N4O4S3. The molecule has 8 nitrogen and oxygen atoms in total. The number of aromatic nitrogens is 2. The number of thiazole rings is 1. The summed E-state index contributed by atoms with van der Waals surface area (Å²) in [4.78, 5) is 24.4. The van der Waals surface area contributed by atoms with Crippen LogP contribution in [0.1, 0.15) is 18.4 Å². The molecule has 0 N–H and O–H groups in total. The number of carbonyl (C=O) groups is 1. The summed E-state index contributed by atoms with van der Waals surface area (Å²) in [6.45, 7) is 0.972. The highest BCUT2D eigenvalue weighted by Crippen LogP contribution is 2.34. The minimum Gasteiger partial charge on any atom is -0.497 e. The Morgan fingerprint density at radius 2 is 2.03 bits per heavy atom. The maximum absolute atomic E-state index is 13.8. The summed E-state index contributed by atoms with van der Waals surface area (Å²) in [5, 5.41) is 2.36. The average molecular weight is 529 g/mol. The molecule has 0 unspecified atom stereocenters. The molecule has 4 heterocycles. The predicted molar refractivity (Wildman–Crippen MR) is 137 cm³/mol. The fourth-order valence-electron chi connectivity index (χ4n) is 4.15. The largest absolute Gasteiger partial charge is 0.497 e. The van der Waals surface area contributed by atoms with Gasteiger partial charge in [0.05, 0.1) is 23.9 Å². The number of piperidine rings is 1. The van der Waals surface area contributed by atoms with Crippen LogP contribution in [0.15, 0.2) is 64.4 Å². The Morgan fingerprint density at radius 3 is 2.71 bits per heavy atom. The molecule has 1 saturated heterocycles. The maximum Gasteiger partial charge on any atom is 0.252 e. The molecule has 0 bridgehead atoms. The van der Waals surface area contributed by atoms with E-state index >= 15 is 0 Å². The van der Waals surface area contributed by atoms with E-state index in [4.69, 9.17) is 9.72 Å². The van der Waals surface area contributed by atoms with Crippen molar-refractivity contribution in [3.05, 3.63) is 65.8 Å². The molecule has 1 fully saturated rings. The van der Waals surface area contributed by atoms with Gasteiger partial charge in [-0.05, 0) is 54.1 Å². The second-order valence-electron chi connectivity index (χ2n) is 8.23. The van der Waals surface area contributed by atoms with Crippen molar-refractivity contribution in [1.82, 2.24) is 14.3 Å². The van der Waals surface area contributed by atoms with E-state index in [1.165, 1.54) is 27.0 Å². The Kier molecular flexibility index (Phi) is 6.83. The minimum absolute atomic E-state index is 0.0481. The molecule has 4 aromatic rings. The number of anilines is 1. The molecule has 5 rings (SSSR count). The first-order valence-electron chi connectivity index (χ1n) is 11.1. The van der Waals surface area contributed by atoms with E-state index in [1.807, 2.05) is 30.3 Å². The van der Waals surface area contributed by atoms with Gasteiger partial charge in [0.15, 0.2) is 5.13 Å². The second-order valence-corrected chi connectivity index (χ2v) is 12.3. The van der Waals surface area contributed by atoms with Crippen molar-refractivity contribution in [3.8, 4) is 5.75 Å². The number of ether oxygens (including phenoxy) is 1. The highest BCUT2D eigenvalue weighted by Gasteiger charge is 2.35. The number of pyridine rings is 1. The number of amides is 1. The zero-order chi connectivity index (χ0) is 24.4. The Balaban J connectivity index is 1.39. The van der Waals surface area contributed by atoms with Crippen LogP contribution in [0.25, 0.3) is 10.2 Å². The van der Waals surface area contributed by atoms with Crippen LogP contribution in [0.2, 0.25) is 0 Å². The highest BCUT2D eigenvalue weighted by atomic mass is 32.2. The van der Waals surface area contributed by atoms with Crippen LogP contribution >= 0.6 is 22.7 Å². The topological polar surface area (TPSA) is 92.7 Å². The average Bonchev–Trinajstić information content (AvgIpc) is 3.58. The van der Waals surface area contributed by atoms with Gasteiger partial charge in [0, 0.05) is 31.4 Å². The molecule has 0 aliphatic carbocycles. The molecule has 0 spiro atoms. The lowest BCUT2D eigenvalue weighted by Crippen LogP contribution is -2.44. The first kappa shape index (κ1) is 23.9. The van der Waals surface area contributed by atoms with Crippen LogP contribution in [0.5, 0.6) is 5.75 Å². The lowest BCUT2D eigenvalue weighted by Gasteiger charge is -2.32. The van der Waals surface area contributed by atoms with Crippen molar-refractivity contribution in [2.45, 2.75) is 23.6 Å². The monoisotopic (exact) mass is 528 g/mol. The van der Waals surface area contributed by atoms with E-state index in [1.54, 1.807) is 41.9 Å². The third kappa shape index (κ3) is 4.94. The van der Waals surface area contributed by atoms with Crippen LogP contribution in [0.4, 0.5) is 5.13 Å². The van der Waals surface area contributed by atoms with Gasteiger partial charge >= 0.3 is 0 Å². The summed E-state index contributed by atoms with van der Waals surface area (Å²) in [6.07, 6.45) is 4.37. The highest BCUT2D eigenvalue weighted by molar-refractivity contribution is 7.91. The molecule has 11 heteroatoms. The van der Waals surface area contributed by atoms with Crippen LogP contribution < -0.4 is 9.64 Å². The van der Waals surface area contributed by atoms with E-state index in [-0.39, 0.29) is 11.8 Å². The third-order valence-corrected chi connectivity index (χ3v) is 10.3. The number of thiophene rings is 1. The zero-order valence-corrected chi connectivity index (χ0v) is 21.5. The molecule has 1 aromatic carbocycles. The number of hydrogen-bond donors (Lipinski definition) is 0. The van der Waals surface area contributed by atoms with Crippen molar-refractivity contribution < 1.29 is 17.9 Å². The summed E-state index contributed by atoms with van der Waals surface area (Å²) in [5.41, 5.74) is 1.70. The number of carbonyl (C=O) groups excluding carboxylic acids is 1. The van der Waals surface area contributed by atoms with Crippen LogP contribution in [-0.4, -0.2) is 48.8 Å². The van der Waals surface area contributed by atoms with Gasteiger partial charge in [-0.2, -0.15) is 4.31 Å². The van der Waals surface area contributed by atoms with Gasteiger partial charge in [0.2, 0.25) is 5.91 Å². The molecular weight excluding hydrogens is 504 g/mol. The molecule has 1 aliphatic heterocycles. The number of nitrogens with zero attached hydrogens (tertiary/aromatic N) is 4. The fourth-order valence-corrected chi connectivity index (χ4v) is 7.76. The Hall–Kier alpha value is -2.86. The second kappa shape index (κ2) is 10.0. The van der Waals surface area contributed by atoms with Crippen molar-refractivity contribution in [1.29, 1.82) is 0 Å². The summed E-state index contributed by atoms with van der Waals surface area (Å²) in [6, 6.07) is 12.8. The molecule has 0 radical (unpaired) electrons. The van der Waals surface area contributed by atoms with Crippen LogP contribution in [0.3, 0.4) is 0 Å². The van der Waals surface area contributed by atoms with Gasteiger partial charge in [0.25, 0.3) is 10.0 Å². The lowest BCUT2D eigenvalue weighted by molar-refractivity contribution is -0.123. The van der Waals surface area contributed by atoms with Gasteiger partial charge in [-0.15, -0.1) is 11.3 Å². The molecule has 0 saturated carbocycles. The first-order chi connectivity index (χ1) is 17.0. The van der Waals surface area contributed by atoms with Crippen LogP contribution in [-0.2, 0) is 21.4 Å². The predicted octanol–water partition coefficient (Wildman–Crippen LogP) is 4.40. The van der Waals surface area contributed by atoms with E-state index in [9.17, 15) is 13.2 Å². The Labute approximate surface area is 211 Å². The number of fused-ring (bicyclic) bond motifs is 1. The van der Waals surface area contributed by atoms with Crippen LogP contribution in [0, 0.1) is 5.92 Å². The standard InChI is InChI=1S/C24H24N4O4S3/c1-32-19-6-7-20-21(14-19)34-24(26-20)28(16-17-4-2-10-25-15-17)23(29)18-8-11-27(12-9-18)35(30,31)22-5-3-13-33-22/h2-7,10,13-15,18H,8-9,11-12,16H2,1H3. The molecule has 3 aromatic heterocycles. The quantitative estimate of drug-likeness (QED) is 0.353. The van der Waals surface area contributed by atoms with Crippen molar-refractivity contribution in [3.63, 3.8) is 0 Å². The molecule has 1 amide bonds. The number of methoxy groups -OCH3 is 1. The third-order valence-electron chi connectivity index (χ3n) is 6.04. The maximum atomic E-state index is 13.8. The zero-order valence-electron chi connectivity index (χ0n) is 19.0. The smallest absolute Gasteiger partial charge is 0.252 e. The number of benzene rings is 1. The van der Waals surface area contributed by atoms with Gasteiger partial charge in [-0.3, -0.25) is 14.7 Å².